The van der Waals surface area contributed by atoms with Gasteiger partial charge in [0.15, 0.2) is 5.76 Å². The van der Waals surface area contributed by atoms with Crippen LogP contribution in [0.25, 0.3) is 6.08 Å². The van der Waals surface area contributed by atoms with Crippen molar-refractivity contribution in [1.29, 1.82) is 0 Å². The second-order valence-corrected chi connectivity index (χ2v) is 8.22. The normalized spacial score (nSPS) is 22.3. The Kier molecular flexibility index (Phi) is 4.82. The zero-order valence-electron chi connectivity index (χ0n) is 16.2. The summed E-state index contributed by atoms with van der Waals surface area (Å²) in [7, 11) is 0. The number of carbonyl (C=O) groups excluding carboxylic acids is 1. The average Bonchev–Trinajstić information content (AvgIpc) is 3.31. The van der Waals surface area contributed by atoms with E-state index in [1.54, 1.807) is 18.2 Å². The molecule has 0 saturated carbocycles. The van der Waals surface area contributed by atoms with Gasteiger partial charge in [-0.2, -0.15) is 0 Å². The maximum atomic E-state index is 13.0. The number of Topliss-reactive ketones (excluding diaryl/α,β-unsaturated/α-hetero) is 1. The van der Waals surface area contributed by atoms with Gasteiger partial charge in [-0.1, -0.05) is 23.7 Å². The van der Waals surface area contributed by atoms with Crippen LogP contribution < -0.4 is 9.47 Å². The third kappa shape index (κ3) is 3.54. The van der Waals surface area contributed by atoms with Crippen LogP contribution in [0.4, 0.5) is 0 Å². The molecule has 1 atom stereocenters. The van der Waals surface area contributed by atoms with Crippen LogP contribution in [0.3, 0.4) is 0 Å². The molecule has 5 nitrogen and oxygen atoms in total. The quantitative estimate of drug-likeness (QED) is 0.691. The van der Waals surface area contributed by atoms with Crippen LogP contribution >= 0.6 is 11.6 Å². The van der Waals surface area contributed by atoms with Gasteiger partial charge in [-0.3, -0.25) is 9.69 Å². The molecule has 1 fully saturated rings. The first kappa shape index (κ1) is 18.7. The Morgan fingerprint density at radius 2 is 2.17 bits per heavy atom. The minimum atomic E-state index is -0.109. The van der Waals surface area contributed by atoms with Gasteiger partial charge in [0.05, 0.1) is 11.7 Å². The van der Waals surface area contributed by atoms with Crippen LogP contribution in [0.5, 0.6) is 11.5 Å². The number of fused-ring (bicyclic) bond motifs is 2. The third-order valence-electron chi connectivity index (χ3n) is 5.63. The highest BCUT2D eigenvalue weighted by Gasteiger charge is 2.34. The van der Waals surface area contributed by atoms with Gasteiger partial charge in [-0.05, 0) is 49.6 Å². The van der Waals surface area contributed by atoms with Crippen LogP contribution in [-0.4, -0.2) is 36.7 Å². The largest absolute Gasteiger partial charge is 0.477 e. The average molecular weight is 412 g/mol. The number of ether oxygens (including phenoxy) is 3. The number of rotatable bonds is 3. The van der Waals surface area contributed by atoms with E-state index in [4.69, 9.17) is 25.8 Å². The standard InChI is InChI=1S/C23H22ClNO4/c1-14-22-16(11-25(13-28-22)12-18-6-3-7-27-18)10-19-21(26)20(29-23(14)19)9-15-4-2-5-17(24)8-15/h2,4-5,8-10,18H,3,6-7,11-13H2,1H3/b20-9-. The molecular formula is C23H22ClNO4. The summed E-state index contributed by atoms with van der Waals surface area (Å²) in [6.07, 6.45) is 4.22. The molecule has 5 rings (SSSR count). The van der Waals surface area contributed by atoms with Crippen molar-refractivity contribution in [2.45, 2.75) is 32.4 Å². The fraction of sp³-hybridized carbons (Fsp3) is 0.348. The number of halogens is 1. The van der Waals surface area contributed by atoms with Crippen molar-refractivity contribution < 1.29 is 19.0 Å². The van der Waals surface area contributed by atoms with E-state index < -0.39 is 0 Å². The van der Waals surface area contributed by atoms with Crippen molar-refractivity contribution in [3.05, 3.63) is 63.4 Å². The first-order valence-corrected chi connectivity index (χ1v) is 10.3. The lowest BCUT2D eigenvalue weighted by molar-refractivity contribution is 0.0276. The van der Waals surface area contributed by atoms with E-state index in [1.807, 2.05) is 25.1 Å². The highest BCUT2D eigenvalue weighted by Crippen LogP contribution is 2.43. The number of hydrogen-bond acceptors (Lipinski definition) is 5. The Morgan fingerprint density at radius 1 is 1.28 bits per heavy atom. The molecule has 2 aromatic carbocycles. The van der Waals surface area contributed by atoms with Gasteiger partial charge in [0.2, 0.25) is 5.78 Å². The van der Waals surface area contributed by atoms with E-state index in [-0.39, 0.29) is 11.9 Å². The molecule has 3 heterocycles. The molecule has 0 bridgehead atoms. The summed E-state index contributed by atoms with van der Waals surface area (Å²) in [5.41, 5.74) is 3.32. The van der Waals surface area contributed by atoms with E-state index in [1.165, 1.54) is 0 Å². The summed E-state index contributed by atoms with van der Waals surface area (Å²) >= 11 is 6.06. The van der Waals surface area contributed by atoms with E-state index in [0.29, 0.717) is 28.8 Å². The molecule has 0 amide bonds. The predicted octanol–water partition coefficient (Wildman–Crippen LogP) is 4.60. The maximum absolute atomic E-state index is 13.0. The van der Waals surface area contributed by atoms with Crippen molar-refractivity contribution >= 4 is 23.5 Å². The van der Waals surface area contributed by atoms with E-state index in [9.17, 15) is 4.79 Å². The lowest BCUT2D eigenvalue weighted by Crippen LogP contribution is -2.37. The summed E-state index contributed by atoms with van der Waals surface area (Å²) in [6.45, 7) is 4.90. The number of hydrogen-bond donors (Lipinski definition) is 0. The summed E-state index contributed by atoms with van der Waals surface area (Å²) in [4.78, 5) is 15.2. The summed E-state index contributed by atoms with van der Waals surface area (Å²) < 4.78 is 17.7. The number of allylic oxidation sites excluding steroid dienone is 1. The van der Waals surface area contributed by atoms with Gasteiger partial charge >= 0.3 is 0 Å². The lowest BCUT2D eigenvalue weighted by Gasteiger charge is -2.31. The maximum Gasteiger partial charge on any atom is 0.231 e. The molecule has 3 aliphatic rings. The Balaban J connectivity index is 1.42. The molecule has 0 radical (unpaired) electrons. The van der Waals surface area contributed by atoms with Gasteiger partial charge in [-0.25, -0.2) is 0 Å². The Labute approximate surface area is 174 Å². The first-order chi connectivity index (χ1) is 14.1. The smallest absolute Gasteiger partial charge is 0.231 e. The highest BCUT2D eigenvalue weighted by atomic mass is 35.5. The minimum absolute atomic E-state index is 0.109. The van der Waals surface area contributed by atoms with Crippen LogP contribution in [0.2, 0.25) is 5.02 Å². The van der Waals surface area contributed by atoms with Crippen LogP contribution in [0.15, 0.2) is 36.1 Å². The van der Waals surface area contributed by atoms with Gasteiger partial charge in [-0.15, -0.1) is 0 Å². The van der Waals surface area contributed by atoms with Crippen molar-refractivity contribution in [1.82, 2.24) is 4.90 Å². The van der Waals surface area contributed by atoms with E-state index >= 15 is 0 Å². The summed E-state index contributed by atoms with van der Waals surface area (Å²) in [6, 6.07) is 9.26. The molecule has 0 N–H and O–H groups in total. The summed E-state index contributed by atoms with van der Waals surface area (Å²) in [5.74, 6) is 1.62. The first-order valence-electron chi connectivity index (χ1n) is 9.91. The molecule has 150 valence electrons. The molecule has 2 aromatic rings. The summed E-state index contributed by atoms with van der Waals surface area (Å²) in [5, 5.41) is 0.619. The van der Waals surface area contributed by atoms with Gasteiger partial charge in [0.1, 0.15) is 18.2 Å². The second kappa shape index (κ2) is 7.48. The van der Waals surface area contributed by atoms with Crippen LogP contribution in [0, 0.1) is 6.92 Å². The molecule has 0 spiro atoms. The zero-order valence-corrected chi connectivity index (χ0v) is 17.0. The van der Waals surface area contributed by atoms with Gasteiger partial charge < -0.3 is 14.2 Å². The molecule has 6 heteroatoms. The molecule has 3 aliphatic heterocycles. The fourth-order valence-electron chi connectivity index (χ4n) is 4.24. The van der Waals surface area contributed by atoms with Crippen molar-refractivity contribution in [2.24, 2.45) is 0 Å². The number of carbonyl (C=O) groups is 1. The van der Waals surface area contributed by atoms with Crippen molar-refractivity contribution in [2.75, 3.05) is 19.9 Å². The SMILES string of the molecule is Cc1c2c(cc3c1O/C(=C\c1cccc(Cl)c1)C3=O)CN(CC1CCCO1)CO2. The minimum Gasteiger partial charge on any atom is -0.477 e. The van der Waals surface area contributed by atoms with Crippen LogP contribution in [0.1, 0.15) is 39.9 Å². The van der Waals surface area contributed by atoms with Crippen molar-refractivity contribution in [3.63, 3.8) is 0 Å². The number of ketones is 1. The molecule has 29 heavy (non-hydrogen) atoms. The predicted molar refractivity (Wildman–Crippen MR) is 110 cm³/mol. The Hall–Kier alpha value is -2.34. The van der Waals surface area contributed by atoms with Gasteiger partial charge in [0, 0.05) is 35.8 Å². The second-order valence-electron chi connectivity index (χ2n) is 7.78. The number of benzene rings is 2. The Bertz CT molecular complexity index is 1010. The number of nitrogens with zero attached hydrogens (tertiary/aromatic N) is 1. The molecule has 0 aromatic heterocycles. The Morgan fingerprint density at radius 3 is 2.97 bits per heavy atom. The van der Waals surface area contributed by atoms with E-state index in [0.717, 1.165) is 55.0 Å². The molecular weight excluding hydrogens is 390 g/mol. The molecule has 0 aliphatic carbocycles. The van der Waals surface area contributed by atoms with Crippen molar-refractivity contribution in [3.8, 4) is 11.5 Å². The topological polar surface area (TPSA) is 48.0 Å². The highest BCUT2D eigenvalue weighted by molar-refractivity contribution is 6.30. The fourth-order valence-corrected chi connectivity index (χ4v) is 4.44. The lowest BCUT2D eigenvalue weighted by atomic mass is 10.00. The van der Waals surface area contributed by atoms with Crippen LogP contribution in [-0.2, 0) is 11.3 Å². The van der Waals surface area contributed by atoms with E-state index in [2.05, 4.69) is 4.90 Å². The van der Waals surface area contributed by atoms with Gasteiger partial charge in [0.25, 0.3) is 0 Å². The molecule has 1 saturated heterocycles. The molecule has 1 unspecified atom stereocenters. The zero-order chi connectivity index (χ0) is 20.0. The monoisotopic (exact) mass is 411 g/mol. The third-order valence-corrected chi connectivity index (χ3v) is 5.87.